The Hall–Kier alpha value is -1.64. The Kier molecular flexibility index (Phi) is 3.40. The van der Waals surface area contributed by atoms with Gasteiger partial charge in [0.25, 0.3) is 0 Å². The van der Waals surface area contributed by atoms with Crippen molar-refractivity contribution in [1.82, 2.24) is 0 Å². The molecule has 0 spiro atoms. The largest absolute Gasteiger partial charge is 0.449 e. The second-order valence-corrected chi connectivity index (χ2v) is 3.02. The second-order valence-electron chi connectivity index (χ2n) is 3.02. The van der Waals surface area contributed by atoms with E-state index in [0.717, 1.165) is 5.56 Å². The Bertz CT molecular complexity index is 327. The third-order valence-corrected chi connectivity index (χ3v) is 1.77. The van der Waals surface area contributed by atoms with E-state index in [1.807, 2.05) is 19.1 Å². The topological polar surface area (TPSA) is 43.4 Å². The molecule has 0 bridgehead atoms. The maximum atomic E-state index is 10.7. The lowest BCUT2D eigenvalue weighted by Gasteiger charge is -2.09. The minimum absolute atomic E-state index is 0.487. The van der Waals surface area contributed by atoms with Gasteiger partial charge >= 0.3 is 5.97 Å². The maximum absolute atomic E-state index is 10.7. The van der Waals surface area contributed by atoms with Gasteiger partial charge in [0.05, 0.1) is 0 Å². The summed E-state index contributed by atoms with van der Waals surface area (Å²) in [6.45, 7) is 3.20. The van der Waals surface area contributed by atoms with Crippen molar-refractivity contribution in [1.29, 1.82) is 0 Å². The molecular formula is C11H11O3. The van der Waals surface area contributed by atoms with Crippen molar-refractivity contribution >= 4 is 12.3 Å². The van der Waals surface area contributed by atoms with Crippen LogP contribution in [0.2, 0.25) is 0 Å². The smallest absolute Gasteiger partial charge is 0.303 e. The van der Waals surface area contributed by atoms with Gasteiger partial charge in [0.2, 0.25) is 6.29 Å². The summed E-state index contributed by atoms with van der Waals surface area (Å²) < 4.78 is 4.76. The number of hydrogen-bond donors (Lipinski definition) is 0. The molecule has 1 radical (unpaired) electrons. The maximum Gasteiger partial charge on any atom is 0.303 e. The van der Waals surface area contributed by atoms with Crippen LogP contribution < -0.4 is 0 Å². The summed E-state index contributed by atoms with van der Waals surface area (Å²) in [4.78, 5) is 21.2. The third-order valence-electron chi connectivity index (χ3n) is 1.77. The standard InChI is InChI=1S/C11H11O3/c1-8-3-5-10(6-4-8)11(7-12)14-9(2)13/h3-6,11H,1-2H3. The predicted molar refractivity (Wildman–Crippen MR) is 51.4 cm³/mol. The van der Waals surface area contributed by atoms with E-state index in [0.29, 0.717) is 5.56 Å². The first-order valence-electron chi connectivity index (χ1n) is 4.25. The van der Waals surface area contributed by atoms with E-state index >= 15 is 0 Å². The number of rotatable bonds is 3. The van der Waals surface area contributed by atoms with Gasteiger partial charge in [0.15, 0.2) is 6.10 Å². The van der Waals surface area contributed by atoms with Crippen molar-refractivity contribution in [2.75, 3.05) is 0 Å². The van der Waals surface area contributed by atoms with Gasteiger partial charge < -0.3 is 4.74 Å². The SMILES string of the molecule is CC(=O)OC([C]=O)c1ccc(C)cc1. The zero-order valence-electron chi connectivity index (χ0n) is 8.11. The molecule has 0 aromatic heterocycles. The van der Waals surface area contributed by atoms with Gasteiger partial charge in [-0.1, -0.05) is 29.8 Å². The van der Waals surface area contributed by atoms with E-state index in [1.54, 1.807) is 18.4 Å². The molecule has 0 fully saturated rings. The zero-order chi connectivity index (χ0) is 10.6. The Morgan fingerprint density at radius 2 is 1.93 bits per heavy atom. The summed E-state index contributed by atoms with van der Waals surface area (Å²) >= 11 is 0. The molecule has 3 nitrogen and oxygen atoms in total. The van der Waals surface area contributed by atoms with Crippen molar-refractivity contribution < 1.29 is 14.3 Å². The average Bonchev–Trinajstić information content (AvgIpc) is 2.15. The highest BCUT2D eigenvalue weighted by Gasteiger charge is 2.13. The molecule has 73 valence electrons. The van der Waals surface area contributed by atoms with E-state index in [9.17, 15) is 9.59 Å². The van der Waals surface area contributed by atoms with E-state index in [2.05, 4.69) is 0 Å². The van der Waals surface area contributed by atoms with E-state index in [-0.39, 0.29) is 0 Å². The molecule has 1 aromatic rings. The van der Waals surface area contributed by atoms with E-state index in [1.165, 1.54) is 6.92 Å². The lowest BCUT2D eigenvalue weighted by atomic mass is 10.1. The van der Waals surface area contributed by atoms with E-state index in [4.69, 9.17) is 4.74 Å². The number of hydrogen-bond acceptors (Lipinski definition) is 3. The van der Waals surface area contributed by atoms with Gasteiger partial charge in [0, 0.05) is 12.5 Å². The molecule has 0 aliphatic rings. The van der Waals surface area contributed by atoms with Gasteiger partial charge in [-0.25, -0.2) is 0 Å². The molecule has 1 aromatic carbocycles. The Morgan fingerprint density at radius 3 is 2.36 bits per heavy atom. The summed E-state index contributed by atoms with van der Waals surface area (Å²) in [7, 11) is 0. The Morgan fingerprint density at radius 1 is 1.36 bits per heavy atom. The van der Waals surface area contributed by atoms with Crippen molar-refractivity contribution in [3.05, 3.63) is 35.4 Å². The molecule has 0 N–H and O–H groups in total. The van der Waals surface area contributed by atoms with E-state index < -0.39 is 12.1 Å². The lowest BCUT2D eigenvalue weighted by Crippen LogP contribution is -2.09. The summed E-state index contributed by atoms with van der Waals surface area (Å²) in [5.41, 5.74) is 1.72. The molecule has 0 saturated carbocycles. The minimum atomic E-state index is -0.909. The quantitative estimate of drug-likeness (QED) is 0.683. The molecule has 0 aliphatic heterocycles. The first-order chi connectivity index (χ1) is 6.63. The number of esters is 1. The number of carbonyl (C=O) groups is 1. The highest BCUT2D eigenvalue weighted by Crippen LogP contribution is 2.15. The fourth-order valence-electron chi connectivity index (χ4n) is 1.07. The van der Waals surface area contributed by atoms with Crippen LogP contribution in [0.25, 0.3) is 0 Å². The Balaban J connectivity index is 2.84. The van der Waals surface area contributed by atoms with Gasteiger partial charge in [-0.05, 0) is 6.92 Å². The van der Waals surface area contributed by atoms with Crippen LogP contribution >= 0.6 is 0 Å². The fourth-order valence-corrected chi connectivity index (χ4v) is 1.07. The van der Waals surface area contributed by atoms with Crippen molar-refractivity contribution in [2.24, 2.45) is 0 Å². The third kappa shape index (κ3) is 2.69. The molecule has 14 heavy (non-hydrogen) atoms. The van der Waals surface area contributed by atoms with Crippen LogP contribution in [0.1, 0.15) is 24.2 Å². The van der Waals surface area contributed by atoms with Crippen LogP contribution in [-0.4, -0.2) is 12.3 Å². The summed E-state index contributed by atoms with van der Waals surface area (Å²) in [6.07, 6.45) is 0.767. The number of aryl methyl sites for hydroxylation is 1. The minimum Gasteiger partial charge on any atom is -0.449 e. The summed E-state index contributed by atoms with van der Waals surface area (Å²) in [6, 6.07) is 7.19. The summed E-state index contributed by atoms with van der Waals surface area (Å²) in [5, 5.41) is 0. The van der Waals surface area contributed by atoms with Crippen molar-refractivity contribution in [3.8, 4) is 0 Å². The van der Waals surface area contributed by atoms with Gasteiger partial charge in [-0.2, -0.15) is 0 Å². The molecule has 0 amide bonds. The molecular weight excluding hydrogens is 180 g/mol. The average molecular weight is 191 g/mol. The summed E-state index contributed by atoms with van der Waals surface area (Å²) in [5.74, 6) is -0.487. The highest BCUT2D eigenvalue weighted by atomic mass is 16.5. The molecule has 0 heterocycles. The number of benzene rings is 1. The lowest BCUT2D eigenvalue weighted by molar-refractivity contribution is -0.143. The molecule has 0 aliphatic carbocycles. The fraction of sp³-hybridized carbons (Fsp3) is 0.273. The van der Waals surface area contributed by atoms with Crippen LogP contribution in [0.15, 0.2) is 24.3 Å². The van der Waals surface area contributed by atoms with Crippen molar-refractivity contribution in [2.45, 2.75) is 20.0 Å². The Labute approximate surface area is 82.7 Å². The number of ether oxygens (including phenoxy) is 1. The molecule has 3 heteroatoms. The second kappa shape index (κ2) is 4.56. The van der Waals surface area contributed by atoms with Crippen LogP contribution in [0.3, 0.4) is 0 Å². The van der Waals surface area contributed by atoms with Crippen LogP contribution in [0.5, 0.6) is 0 Å². The van der Waals surface area contributed by atoms with Gasteiger partial charge in [-0.3, -0.25) is 9.59 Å². The van der Waals surface area contributed by atoms with Gasteiger partial charge in [-0.15, -0.1) is 0 Å². The van der Waals surface area contributed by atoms with Crippen LogP contribution in [0, 0.1) is 6.92 Å². The normalized spacial score (nSPS) is 11.9. The van der Waals surface area contributed by atoms with Crippen LogP contribution in [-0.2, 0) is 14.3 Å². The first kappa shape index (κ1) is 10.4. The van der Waals surface area contributed by atoms with Gasteiger partial charge in [0.1, 0.15) is 0 Å². The number of carbonyl (C=O) groups excluding carboxylic acids is 2. The molecule has 1 atom stereocenters. The molecule has 0 saturated heterocycles. The monoisotopic (exact) mass is 191 g/mol. The van der Waals surface area contributed by atoms with Crippen LogP contribution in [0.4, 0.5) is 0 Å². The molecule has 1 unspecified atom stereocenters. The first-order valence-corrected chi connectivity index (χ1v) is 4.25. The molecule has 1 rings (SSSR count). The van der Waals surface area contributed by atoms with Crippen molar-refractivity contribution in [3.63, 3.8) is 0 Å². The zero-order valence-corrected chi connectivity index (χ0v) is 8.11. The predicted octanol–water partition coefficient (Wildman–Crippen LogP) is 1.71. The highest BCUT2D eigenvalue weighted by molar-refractivity contribution is 5.71.